The minimum Gasteiger partial charge on any atom is -0.550 e. The van der Waals surface area contributed by atoms with Crippen LogP contribution in [0.2, 0.25) is 0 Å². The second-order valence-corrected chi connectivity index (χ2v) is 4.86. The number of carboxylic acids is 1. The number of rotatable bonds is 7. The molecule has 0 saturated heterocycles. The molecule has 0 bridgehead atoms. The van der Waals surface area contributed by atoms with Crippen LogP contribution < -0.4 is 5.11 Å². The Morgan fingerprint density at radius 3 is 2.06 bits per heavy atom. The monoisotopic (exact) mass is 248 g/mol. The van der Waals surface area contributed by atoms with Gasteiger partial charge in [-0.15, -0.1) is 10.1 Å². The van der Waals surface area contributed by atoms with Crippen LogP contribution in [0.3, 0.4) is 0 Å². The van der Waals surface area contributed by atoms with Crippen LogP contribution in [0.4, 0.5) is 0 Å². The number of hydrogen-bond donors (Lipinski definition) is 0. The lowest BCUT2D eigenvalue weighted by Crippen LogP contribution is -2.57. The summed E-state index contributed by atoms with van der Waals surface area (Å²) in [6.45, 7) is 0.916. The first kappa shape index (κ1) is 15.3. The van der Waals surface area contributed by atoms with E-state index < -0.39 is 28.9 Å². The molecule has 0 spiro atoms. The van der Waals surface area contributed by atoms with E-state index in [-0.39, 0.29) is 11.0 Å². The molecule has 0 unspecified atom stereocenters. The van der Waals surface area contributed by atoms with Gasteiger partial charge in [0.15, 0.2) is 5.78 Å². The highest BCUT2D eigenvalue weighted by Gasteiger charge is 2.45. The van der Waals surface area contributed by atoms with E-state index in [1.165, 1.54) is 0 Å². The maximum atomic E-state index is 11.5. The molecule has 0 N–H and O–H groups in total. The van der Waals surface area contributed by atoms with E-state index in [9.17, 15) is 24.8 Å². The highest BCUT2D eigenvalue weighted by molar-refractivity contribution is 5.89. The summed E-state index contributed by atoms with van der Waals surface area (Å²) in [5, 5.41) is 19.9. The van der Waals surface area contributed by atoms with E-state index in [0.717, 1.165) is 6.92 Å². The van der Waals surface area contributed by atoms with Gasteiger partial charge in [0, 0.05) is 12.4 Å². The zero-order valence-corrected chi connectivity index (χ0v) is 10.3. The second kappa shape index (κ2) is 5.09. The van der Waals surface area contributed by atoms with Gasteiger partial charge in [0.05, 0.1) is 21.1 Å². The second-order valence-electron chi connectivity index (χ2n) is 4.86. The Kier molecular flexibility index (Phi) is 4.58. The third kappa shape index (κ3) is 5.25. The lowest BCUT2D eigenvalue weighted by molar-refractivity contribution is -0.889. The van der Waals surface area contributed by atoms with Crippen LogP contribution in [0.25, 0.3) is 0 Å². The summed E-state index contributed by atoms with van der Waals surface area (Å²) in [6.07, 6.45) is -0.848. The molecule has 1 atom stereocenters. The molecule has 0 fully saturated rings. The minimum atomic E-state index is -2.00. The standard InChI is InChI=1S/C9H16N2O6/c1-7(12)9(5-8(13)14,17-10(15)16)6-11(2,3)4/h5-6H2,1-4H3/t9-/m1/s1. The maximum Gasteiger partial charge on any atom is 0.295 e. The van der Waals surface area contributed by atoms with Crippen LogP contribution in [0.1, 0.15) is 13.3 Å². The summed E-state index contributed by atoms with van der Waals surface area (Å²) in [4.78, 5) is 36.8. The van der Waals surface area contributed by atoms with Crippen LogP contribution in [0.15, 0.2) is 0 Å². The average molecular weight is 248 g/mol. The molecule has 0 aromatic rings. The van der Waals surface area contributed by atoms with Crippen molar-refractivity contribution >= 4 is 11.8 Å². The van der Waals surface area contributed by atoms with Gasteiger partial charge in [0.25, 0.3) is 5.09 Å². The van der Waals surface area contributed by atoms with Gasteiger partial charge < -0.3 is 14.4 Å². The number of carboxylic acid groups (broad SMARTS) is 1. The molecule has 17 heavy (non-hydrogen) atoms. The predicted molar refractivity (Wildman–Crippen MR) is 54.0 cm³/mol. The molecular weight excluding hydrogens is 232 g/mol. The molecule has 0 aliphatic carbocycles. The fraction of sp³-hybridized carbons (Fsp3) is 0.778. The Labute approximate surface area is 98.5 Å². The lowest BCUT2D eigenvalue weighted by Gasteiger charge is -2.35. The fourth-order valence-electron chi connectivity index (χ4n) is 1.56. The lowest BCUT2D eigenvalue weighted by atomic mass is 9.94. The van der Waals surface area contributed by atoms with Crippen molar-refractivity contribution in [2.45, 2.75) is 18.9 Å². The Balaban J connectivity index is 5.31. The number of carbonyl (C=O) groups excluding carboxylic acids is 2. The number of nitrogens with zero attached hydrogens (tertiary/aromatic N) is 2. The molecular formula is C9H16N2O6. The summed E-state index contributed by atoms with van der Waals surface area (Å²) < 4.78 is 0.140. The van der Waals surface area contributed by atoms with E-state index in [1.54, 1.807) is 21.1 Å². The van der Waals surface area contributed by atoms with Crippen LogP contribution in [-0.4, -0.2) is 54.6 Å². The van der Waals surface area contributed by atoms with E-state index in [0.29, 0.717) is 0 Å². The van der Waals surface area contributed by atoms with Gasteiger partial charge in [-0.3, -0.25) is 9.63 Å². The van der Waals surface area contributed by atoms with Crippen molar-refractivity contribution in [3.05, 3.63) is 10.1 Å². The topological polar surface area (TPSA) is 110 Å². The number of aliphatic carboxylic acids is 1. The van der Waals surface area contributed by atoms with Gasteiger partial charge in [0.1, 0.15) is 6.54 Å². The maximum absolute atomic E-state index is 11.5. The van der Waals surface area contributed by atoms with Gasteiger partial charge in [-0.25, -0.2) is 0 Å². The molecule has 0 aromatic heterocycles. The summed E-state index contributed by atoms with van der Waals surface area (Å²) >= 11 is 0. The number of quaternary nitrogens is 1. The van der Waals surface area contributed by atoms with Gasteiger partial charge in [-0.2, -0.15) is 0 Å². The molecule has 0 aliphatic heterocycles. The Hall–Kier alpha value is -1.70. The largest absolute Gasteiger partial charge is 0.550 e. The summed E-state index contributed by atoms with van der Waals surface area (Å²) in [6, 6.07) is 0. The number of ketones is 1. The molecule has 98 valence electrons. The SMILES string of the molecule is CC(=O)[C@@](CC(=O)[O-])(C[N+](C)(C)C)O[N+](=O)[O-]. The summed E-state index contributed by atoms with van der Waals surface area (Å²) in [5.41, 5.74) is -2.00. The first-order chi connectivity index (χ1) is 7.48. The van der Waals surface area contributed by atoms with E-state index >= 15 is 0 Å². The quantitative estimate of drug-likeness (QED) is 0.304. The Morgan fingerprint density at radius 2 is 1.82 bits per heavy atom. The number of likely N-dealkylation sites (N-methyl/N-ethyl adjacent to an activating group) is 1. The fourth-order valence-corrected chi connectivity index (χ4v) is 1.56. The van der Waals surface area contributed by atoms with Crippen molar-refractivity contribution in [1.82, 2.24) is 0 Å². The zero-order chi connectivity index (χ0) is 13.9. The summed E-state index contributed by atoms with van der Waals surface area (Å²) in [5.74, 6) is -2.29. The van der Waals surface area contributed by atoms with Gasteiger partial charge >= 0.3 is 0 Å². The molecule has 0 rings (SSSR count). The Morgan fingerprint density at radius 1 is 1.35 bits per heavy atom. The third-order valence-electron chi connectivity index (χ3n) is 2.05. The predicted octanol–water partition coefficient (Wildman–Crippen LogP) is -1.63. The van der Waals surface area contributed by atoms with Crippen molar-refractivity contribution in [2.24, 2.45) is 0 Å². The van der Waals surface area contributed by atoms with Crippen molar-refractivity contribution in [1.29, 1.82) is 0 Å². The smallest absolute Gasteiger partial charge is 0.295 e. The van der Waals surface area contributed by atoms with Crippen LogP contribution in [0.5, 0.6) is 0 Å². The molecule has 0 aliphatic rings. The van der Waals surface area contributed by atoms with Crippen molar-refractivity contribution in [3.63, 3.8) is 0 Å². The van der Waals surface area contributed by atoms with Gasteiger partial charge in [0.2, 0.25) is 5.60 Å². The molecule has 0 saturated carbocycles. The molecule has 0 radical (unpaired) electrons. The van der Waals surface area contributed by atoms with Crippen LogP contribution in [0, 0.1) is 10.1 Å². The summed E-state index contributed by atoms with van der Waals surface area (Å²) in [7, 11) is 4.99. The molecule has 0 amide bonds. The van der Waals surface area contributed by atoms with Crippen molar-refractivity contribution in [2.75, 3.05) is 27.7 Å². The average Bonchev–Trinajstić information content (AvgIpc) is 1.96. The van der Waals surface area contributed by atoms with E-state index in [4.69, 9.17) is 0 Å². The Bertz CT molecular complexity index is 317. The third-order valence-corrected chi connectivity index (χ3v) is 2.05. The van der Waals surface area contributed by atoms with Crippen molar-refractivity contribution < 1.29 is 29.1 Å². The van der Waals surface area contributed by atoms with E-state index in [2.05, 4.69) is 4.84 Å². The highest BCUT2D eigenvalue weighted by atomic mass is 17.0. The number of hydrogen-bond acceptors (Lipinski definition) is 6. The minimum absolute atomic E-state index is 0.140. The first-order valence-corrected chi connectivity index (χ1v) is 4.83. The zero-order valence-electron chi connectivity index (χ0n) is 10.3. The number of Topliss-reactive ketones (excluding diaryl/α,β-unsaturated/α-hetero) is 1. The normalized spacial score (nSPS) is 14.8. The van der Waals surface area contributed by atoms with Gasteiger partial charge in [-0.1, -0.05) is 0 Å². The molecule has 0 heterocycles. The van der Waals surface area contributed by atoms with Crippen molar-refractivity contribution in [3.8, 4) is 0 Å². The van der Waals surface area contributed by atoms with Crippen LogP contribution >= 0.6 is 0 Å². The van der Waals surface area contributed by atoms with E-state index in [1.807, 2.05) is 0 Å². The van der Waals surface area contributed by atoms with Gasteiger partial charge in [-0.05, 0) is 6.92 Å². The molecule has 8 nitrogen and oxygen atoms in total. The van der Waals surface area contributed by atoms with Crippen LogP contribution in [-0.2, 0) is 14.4 Å². The highest BCUT2D eigenvalue weighted by Crippen LogP contribution is 2.21. The molecule has 0 aromatic carbocycles. The first-order valence-electron chi connectivity index (χ1n) is 4.83. The number of carbonyl (C=O) groups is 2. The molecule has 8 heteroatoms.